The number of hydrogen-bond donors (Lipinski definition) is 3. The maximum atomic E-state index is 10.5. The lowest BCUT2D eigenvalue weighted by Gasteiger charge is -2.37. The van der Waals surface area contributed by atoms with Crippen molar-refractivity contribution in [3.05, 3.63) is 69.7 Å². The van der Waals surface area contributed by atoms with Gasteiger partial charge in [0.25, 0.3) is 0 Å². The van der Waals surface area contributed by atoms with Gasteiger partial charge in [0.1, 0.15) is 5.41 Å². The van der Waals surface area contributed by atoms with Gasteiger partial charge >= 0.3 is 0 Å². The van der Waals surface area contributed by atoms with Crippen molar-refractivity contribution in [2.24, 2.45) is 11.1 Å². The van der Waals surface area contributed by atoms with Crippen molar-refractivity contribution >= 4 is 29.6 Å². The second-order valence-corrected chi connectivity index (χ2v) is 10.7. The average molecular weight is 520 g/mol. The molecule has 1 fully saturated rings. The molecule has 3 atom stereocenters. The summed E-state index contributed by atoms with van der Waals surface area (Å²) in [7, 11) is 0. The predicted molar refractivity (Wildman–Crippen MR) is 143 cm³/mol. The molecule has 1 saturated heterocycles. The van der Waals surface area contributed by atoms with Gasteiger partial charge in [-0.3, -0.25) is 4.79 Å². The van der Waals surface area contributed by atoms with Crippen LogP contribution in [0.15, 0.2) is 48.5 Å². The molecule has 1 amide bonds. The van der Waals surface area contributed by atoms with Crippen molar-refractivity contribution in [3.8, 4) is 6.07 Å². The first-order valence-electron chi connectivity index (χ1n) is 11.8. The Bertz CT molecular complexity index is 972. The molecule has 0 spiro atoms. The van der Waals surface area contributed by atoms with Gasteiger partial charge in [0.2, 0.25) is 6.41 Å². The number of hydrogen-bond acceptors (Lipinski definition) is 5. The number of benzene rings is 2. The SMILES string of the molecule is CC(C)(C)CC1NCC(c2cccc(Cl)c2)[C@@]1(C#N)c1ccc(Cl)cc1.NCCOCCNC=O. The summed E-state index contributed by atoms with van der Waals surface area (Å²) in [5, 5.41) is 17.9. The Morgan fingerprint density at radius 3 is 2.49 bits per heavy atom. The minimum Gasteiger partial charge on any atom is -0.378 e. The highest BCUT2D eigenvalue weighted by Crippen LogP contribution is 2.48. The van der Waals surface area contributed by atoms with Gasteiger partial charge in [-0.25, -0.2) is 0 Å². The number of halogens is 2. The van der Waals surface area contributed by atoms with E-state index in [4.69, 9.17) is 33.7 Å². The van der Waals surface area contributed by atoms with Crippen LogP contribution in [0.4, 0.5) is 0 Å². The van der Waals surface area contributed by atoms with Gasteiger partial charge in [-0.2, -0.15) is 5.26 Å². The molecule has 0 bridgehead atoms. The highest BCUT2D eigenvalue weighted by Gasteiger charge is 2.53. The van der Waals surface area contributed by atoms with Gasteiger partial charge < -0.3 is 21.1 Å². The van der Waals surface area contributed by atoms with E-state index in [-0.39, 0.29) is 17.4 Å². The molecule has 1 aliphatic heterocycles. The zero-order chi connectivity index (χ0) is 25.9. The number of ether oxygens (including phenoxy) is 1. The van der Waals surface area contributed by atoms with Crippen molar-refractivity contribution in [1.82, 2.24) is 10.6 Å². The quantitative estimate of drug-likeness (QED) is 0.331. The van der Waals surface area contributed by atoms with E-state index in [9.17, 15) is 10.1 Å². The maximum absolute atomic E-state index is 10.5. The van der Waals surface area contributed by atoms with Gasteiger partial charge in [-0.15, -0.1) is 0 Å². The molecule has 2 unspecified atom stereocenters. The van der Waals surface area contributed by atoms with E-state index in [1.807, 2.05) is 42.5 Å². The lowest BCUT2D eigenvalue weighted by Crippen LogP contribution is -2.44. The Morgan fingerprint density at radius 1 is 1.20 bits per heavy atom. The number of amides is 1. The third kappa shape index (κ3) is 8.20. The summed E-state index contributed by atoms with van der Waals surface area (Å²) in [6.45, 7) is 9.57. The molecule has 4 N–H and O–H groups in total. The molecule has 3 rings (SSSR count). The molecular weight excluding hydrogens is 483 g/mol. The van der Waals surface area contributed by atoms with Crippen LogP contribution >= 0.6 is 23.2 Å². The second-order valence-electron chi connectivity index (χ2n) is 9.79. The number of nitriles is 1. The van der Waals surface area contributed by atoms with E-state index in [0.717, 1.165) is 24.1 Å². The molecule has 1 heterocycles. The molecule has 0 aliphatic carbocycles. The molecule has 0 radical (unpaired) electrons. The summed E-state index contributed by atoms with van der Waals surface area (Å²) in [5.41, 5.74) is 6.67. The van der Waals surface area contributed by atoms with Gasteiger partial charge in [0, 0.05) is 41.6 Å². The van der Waals surface area contributed by atoms with Crippen LogP contribution in [0.2, 0.25) is 10.0 Å². The van der Waals surface area contributed by atoms with Crippen LogP contribution in [0.3, 0.4) is 0 Å². The maximum Gasteiger partial charge on any atom is 0.207 e. The summed E-state index contributed by atoms with van der Waals surface area (Å²) in [6, 6.07) is 18.4. The molecule has 1 aliphatic rings. The van der Waals surface area contributed by atoms with Crippen LogP contribution in [-0.2, 0) is 14.9 Å². The smallest absolute Gasteiger partial charge is 0.207 e. The summed E-state index contributed by atoms with van der Waals surface area (Å²) in [6.07, 6.45) is 1.55. The molecule has 0 saturated carbocycles. The zero-order valence-electron chi connectivity index (χ0n) is 20.7. The van der Waals surface area contributed by atoms with Crippen LogP contribution in [-0.4, -0.2) is 45.3 Å². The fourth-order valence-corrected chi connectivity index (χ4v) is 4.82. The minimum atomic E-state index is -0.664. The molecule has 35 heavy (non-hydrogen) atoms. The van der Waals surface area contributed by atoms with E-state index in [0.29, 0.717) is 42.8 Å². The fourth-order valence-electron chi connectivity index (χ4n) is 4.50. The standard InChI is InChI=1S/C22H24Cl2N2.C5H12N2O2/c1-21(2,3)12-20-22(14-25,16-7-9-17(23)10-8-16)19(13-26-20)15-5-4-6-18(24)11-15;6-1-3-9-4-2-7-5-8/h4-11,19-20,26H,12-13H2,1-3H3;5H,1-4,6H2,(H,7,8)/t19?,20?,22-;/m1./s1. The Labute approximate surface area is 219 Å². The topological polar surface area (TPSA) is 100 Å². The molecule has 2 aromatic carbocycles. The van der Waals surface area contributed by atoms with E-state index in [1.54, 1.807) is 0 Å². The second kappa shape index (κ2) is 13.8. The lowest BCUT2D eigenvalue weighted by molar-refractivity contribution is -0.109. The van der Waals surface area contributed by atoms with Gasteiger partial charge in [0.15, 0.2) is 0 Å². The van der Waals surface area contributed by atoms with Crippen molar-refractivity contribution in [2.45, 2.75) is 44.6 Å². The number of nitrogens with zero attached hydrogens (tertiary/aromatic N) is 1. The summed E-state index contributed by atoms with van der Waals surface area (Å²) < 4.78 is 4.94. The van der Waals surface area contributed by atoms with Crippen LogP contribution < -0.4 is 16.4 Å². The first kappa shape index (κ1) is 29.1. The third-order valence-corrected chi connectivity index (χ3v) is 6.47. The molecule has 2 aromatic rings. The van der Waals surface area contributed by atoms with Gasteiger partial charge in [0.05, 0.1) is 19.3 Å². The lowest BCUT2D eigenvalue weighted by atomic mass is 9.64. The van der Waals surface area contributed by atoms with Crippen molar-refractivity contribution in [1.29, 1.82) is 5.26 Å². The van der Waals surface area contributed by atoms with Crippen molar-refractivity contribution in [3.63, 3.8) is 0 Å². The number of rotatable bonds is 9. The van der Waals surface area contributed by atoms with E-state index < -0.39 is 5.41 Å². The Hall–Kier alpha value is -2.14. The third-order valence-electron chi connectivity index (χ3n) is 5.98. The molecule has 8 heteroatoms. The Morgan fingerprint density at radius 2 is 1.91 bits per heavy atom. The zero-order valence-corrected chi connectivity index (χ0v) is 22.2. The number of nitrogens with two attached hydrogens (primary N) is 1. The van der Waals surface area contributed by atoms with E-state index in [1.165, 1.54) is 0 Å². The first-order valence-corrected chi connectivity index (χ1v) is 12.5. The normalized spacial score (nSPS) is 21.5. The summed E-state index contributed by atoms with van der Waals surface area (Å²) in [4.78, 5) is 9.65. The fraction of sp³-hybridized carbons (Fsp3) is 0.481. The minimum absolute atomic E-state index is 0.0275. The van der Waals surface area contributed by atoms with Crippen LogP contribution in [0.25, 0.3) is 0 Å². The summed E-state index contributed by atoms with van der Waals surface area (Å²) >= 11 is 12.4. The largest absolute Gasteiger partial charge is 0.378 e. The average Bonchev–Trinajstić information content (AvgIpc) is 3.17. The monoisotopic (exact) mass is 518 g/mol. The van der Waals surface area contributed by atoms with Gasteiger partial charge in [-0.1, -0.05) is 68.2 Å². The van der Waals surface area contributed by atoms with E-state index in [2.05, 4.69) is 43.5 Å². The number of nitrogens with one attached hydrogen (secondary N) is 2. The van der Waals surface area contributed by atoms with Crippen LogP contribution in [0.5, 0.6) is 0 Å². The Balaban J connectivity index is 0.000000410. The number of carbonyl (C=O) groups excluding carboxylic acids is 1. The molecule has 6 nitrogen and oxygen atoms in total. The van der Waals surface area contributed by atoms with Crippen molar-refractivity contribution < 1.29 is 9.53 Å². The first-order chi connectivity index (χ1) is 16.7. The Kier molecular flexibility index (Phi) is 11.5. The van der Waals surface area contributed by atoms with Gasteiger partial charge in [-0.05, 0) is 47.2 Å². The number of carbonyl (C=O) groups is 1. The van der Waals surface area contributed by atoms with Crippen molar-refractivity contribution in [2.75, 3.05) is 32.8 Å². The summed E-state index contributed by atoms with van der Waals surface area (Å²) in [5.74, 6) is 0.0275. The predicted octanol–water partition coefficient (Wildman–Crippen LogP) is 4.65. The molecular formula is C27H36Cl2N4O2. The van der Waals surface area contributed by atoms with E-state index >= 15 is 0 Å². The molecule has 190 valence electrons. The van der Waals surface area contributed by atoms with Crippen LogP contribution in [0.1, 0.15) is 44.2 Å². The highest BCUT2D eigenvalue weighted by atomic mass is 35.5. The molecule has 0 aromatic heterocycles. The highest BCUT2D eigenvalue weighted by molar-refractivity contribution is 6.30. The van der Waals surface area contributed by atoms with Crippen LogP contribution in [0, 0.1) is 16.7 Å².